The monoisotopic (exact) mass is 1900 g/mol. The van der Waals surface area contributed by atoms with Gasteiger partial charge in [-0.3, -0.25) is 4.57 Å². The summed E-state index contributed by atoms with van der Waals surface area (Å²) in [4.78, 5) is 10.6. The number of benzene rings is 23. The second kappa shape index (κ2) is 33.9. The van der Waals surface area contributed by atoms with Crippen molar-refractivity contribution < 1.29 is 0 Å². The zero-order valence-corrected chi connectivity index (χ0v) is 84.4. The zero-order chi connectivity index (χ0) is 97.4. The number of hydrogen-bond acceptors (Lipinski definition) is 3. The lowest BCUT2D eigenvalue weighted by atomic mass is 9.80. The molecule has 1 saturated heterocycles. The highest BCUT2D eigenvalue weighted by Crippen LogP contribution is 2.58. The molecule has 0 radical (unpaired) electrons. The van der Waals surface area contributed by atoms with Gasteiger partial charge in [-0.25, -0.2) is 9.97 Å². The maximum atomic E-state index is 5.39. The third kappa shape index (κ3) is 13.6. The normalized spacial score (nSPS) is 14.2. The fourth-order valence-corrected chi connectivity index (χ4v) is 33.0. The van der Waals surface area contributed by atoms with Gasteiger partial charge in [0.2, 0.25) is 0 Å². The summed E-state index contributed by atoms with van der Waals surface area (Å²) >= 11 is 1.78. The van der Waals surface area contributed by atoms with Crippen LogP contribution in [0.25, 0.3) is 236 Å². The lowest BCUT2D eigenvalue weighted by Crippen LogP contribution is -2.52. The number of rotatable bonds is 10. The highest BCUT2D eigenvalue weighted by molar-refractivity contribution is 7.21. The van der Waals surface area contributed by atoms with Gasteiger partial charge in [-0.1, -0.05) is 443 Å². The summed E-state index contributed by atoms with van der Waals surface area (Å²) in [5.74, 6) is 0.947. The number of nitrogens with zero attached hydrogens (tertiary/aromatic N) is 3. The van der Waals surface area contributed by atoms with Crippen LogP contribution in [-0.2, 0) is 16.2 Å². The van der Waals surface area contributed by atoms with Crippen molar-refractivity contribution in [2.45, 2.75) is 82.7 Å². The number of thiazole rings is 1. The third-order valence-corrected chi connectivity index (χ3v) is 39.7. The van der Waals surface area contributed by atoms with Gasteiger partial charge >= 0.3 is 0 Å². The number of imidazole rings is 1. The van der Waals surface area contributed by atoms with E-state index in [2.05, 4.69) is 513 Å². The van der Waals surface area contributed by atoms with E-state index < -0.39 is 8.07 Å². The first-order valence-corrected chi connectivity index (χ1v) is 54.9. The van der Waals surface area contributed by atoms with Crippen molar-refractivity contribution >= 4 is 116 Å². The van der Waals surface area contributed by atoms with Crippen molar-refractivity contribution in [3.8, 4) is 150 Å². The molecule has 1 spiro atoms. The molecule has 5 heteroatoms. The molecule has 30 rings (SSSR count). The van der Waals surface area contributed by atoms with E-state index in [4.69, 9.17) is 9.97 Å². The lowest BCUT2D eigenvalue weighted by molar-refractivity contribution is 0.660. The van der Waals surface area contributed by atoms with Crippen molar-refractivity contribution in [1.29, 1.82) is 0 Å². The fraction of sp³-hybridized carbons (Fsp3) is 0.0922. The molecule has 1 fully saturated rings. The largest absolute Gasteiger partial charge is 0.292 e. The maximum absolute atomic E-state index is 5.39. The highest BCUT2D eigenvalue weighted by Gasteiger charge is 2.48. The number of aromatic nitrogens is 3. The minimum Gasteiger partial charge on any atom is -0.292 e. The van der Waals surface area contributed by atoms with Gasteiger partial charge < -0.3 is 0 Å². The van der Waals surface area contributed by atoms with E-state index in [1.807, 2.05) is 0 Å². The van der Waals surface area contributed by atoms with Crippen LogP contribution in [0.4, 0.5) is 0 Å². The van der Waals surface area contributed by atoms with Crippen molar-refractivity contribution in [2.75, 3.05) is 0 Å². The molecule has 3 aliphatic carbocycles. The fourth-order valence-electron chi connectivity index (χ4n) is 26.4. The number of para-hydroxylation sites is 4. The first-order chi connectivity index (χ1) is 71.7. The average molecular weight is 1900 g/mol. The summed E-state index contributed by atoms with van der Waals surface area (Å²) in [7, 11) is -1.68. The first kappa shape index (κ1) is 87.0. The molecule has 5 aliphatic rings. The molecule has 23 aromatic carbocycles. The Labute approximate surface area is 856 Å². The minimum atomic E-state index is -1.68. The van der Waals surface area contributed by atoms with Crippen molar-refractivity contribution in [2.24, 2.45) is 0 Å². The van der Waals surface area contributed by atoms with Crippen LogP contribution in [0.3, 0.4) is 0 Å². The van der Waals surface area contributed by atoms with Crippen LogP contribution in [0, 0.1) is 0 Å². The predicted molar refractivity (Wildman–Crippen MR) is 623 cm³/mol. The molecule has 25 aromatic rings. The molecule has 2 aliphatic heterocycles. The third-order valence-electron chi connectivity index (χ3n) is 33.3. The quantitative estimate of drug-likeness (QED) is 0.101. The van der Waals surface area contributed by atoms with Gasteiger partial charge in [0, 0.05) is 33.1 Å². The molecular weight excluding hydrogens is 1800 g/mol. The van der Waals surface area contributed by atoms with Crippen LogP contribution in [0.2, 0.25) is 12.1 Å². The number of hydrogen-bond donors (Lipinski definition) is 0. The van der Waals surface area contributed by atoms with Gasteiger partial charge in [0.1, 0.15) is 18.9 Å². The summed E-state index contributed by atoms with van der Waals surface area (Å²) in [6.07, 6.45) is 2.74. The van der Waals surface area contributed by atoms with Gasteiger partial charge in [-0.15, -0.1) is 11.3 Å². The molecular formula is C141H103N3SSi. The van der Waals surface area contributed by atoms with Crippen LogP contribution < -0.4 is 10.4 Å². The molecule has 692 valence electrons. The second-order valence-electron chi connectivity index (χ2n) is 42.2. The highest BCUT2D eigenvalue weighted by atomic mass is 32.1. The maximum Gasteiger partial charge on any atom is 0.146 e. The molecule has 0 saturated carbocycles. The van der Waals surface area contributed by atoms with Gasteiger partial charge in [-0.05, 0) is 322 Å². The van der Waals surface area contributed by atoms with E-state index in [1.165, 1.54) is 256 Å². The van der Waals surface area contributed by atoms with Gasteiger partial charge in [0.05, 0.1) is 21.3 Å². The summed E-state index contributed by atoms with van der Waals surface area (Å²) in [5.41, 5.74) is 43.5. The Bertz CT molecular complexity index is 9680. The smallest absolute Gasteiger partial charge is 0.146 e. The summed E-state index contributed by atoms with van der Waals surface area (Å²) in [5, 5.41) is 19.5. The Kier molecular flexibility index (Phi) is 20.2. The lowest BCUT2D eigenvalue weighted by Gasteiger charge is -2.24. The van der Waals surface area contributed by atoms with E-state index >= 15 is 0 Å². The topological polar surface area (TPSA) is 30.7 Å². The van der Waals surface area contributed by atoms with E-state index in [1.54, 1.807) is 21.7 Å². The van der Waals surface area contributed by atoms with E-state index in [-0.39, 0.29) is 16.2 Å². The molecule has 0 amide bonds. The van der Waals surface area contributed by atoms with Gasteiger partial charge in [0.15, 0.2) is 0 Å². The molecule has 4 heterocycles. The van der Waals surface area contributed by atoms with Crippen LogP contribution in [0.15, 0.2) is 467 Å². The Morgan fingerprint density at radius 3 is 1.00 bits per heavy atom. The zero-order valence-electron chi connectivity index (χ0n) is 82.5. The van der Waals surface area contributed by atoms with Crippen LogP contribution in [0.5, 0.6) is 0 Å². The summed E-state index contributed by atoms with van der Waals surface area (Å²) in [6, 6.07) is 176. The van der Waals surface area contributed by atoms with Crippen LogP contribution in [-0.4, -0.2) is 22.6 Å². The molecule has 0 atom stereocenters. The number of fused-ring (bicyclic) bond motifs is 22. The molecule has 0 bridgehead atoms. The van der Waals surface area contributed by atoms with E-state index in [0.717, 1.165) is 38.6 Å². The predicted octanol–water partition coefficient (Wildman–Crippen LogP) is 37.2. The molecule has 146 heavy (non-hydrogen) atoms. The van der Waals surface area contributed by atoms with Crippen LogP contribution in [0.1, 0.15) is 87.8 Å². The Hall–Kier alpha value is -16.8. The van der Waals surface area contributed by atoms with Gasteiger partial charge in [0.25, 0.3) is 0 Å². The van der Waals surface area contributed by atoms with Crippen LogP contribution >= 0.6 is 11.3 Å². The Balaban J connectivity index is 0.000000106. The summed E-state index contributed by atoms with van der Waals surface area (Å²) in [6.45, 7) is 14.2. The SMILES string of the molecule is CC1(C)c2ccccc2-c2ccc(-c3c4ccccc4c(-c4ccc5c(c4)-c4ccccc4[Si]54CCCC4)c4ccc(-c5ccccc5)cc34)cc21.CC1(C)c2ccccc2-c2ccc(-c3c4ccccc4c(-c4nc5ccccc5n4-c4ccccc4)c4ccc(-c5ccccc5)cc34)cc21.CC1(C)c2ccccc2-c2ccc(-c3c4ccccc4c(-c4nc5ccccc5s4)c4ccc(-c5ccccc5)cc34)cc21. The molecule has 3 nitrogen and oxygen atoms in total. The Morgan fingerprint density at radius 2 is 0.541 bits per heavy atom. The van der Waals surface area contributed by atoms with Gasteiger partial charge in [-0.2, -0.15) is 0 Å². The molecule has 0 N–H and O–H groups in total. The van der Waals surface area contributed by atoms with Crippen molar-refractivity contribution in [3.63, 3.8) is 0 Å². The van der Waals surface area contributed by atoms with E-state index in [0.29, 0.717) is 0 Å². The summed E-state index contributed by atoms with van der Waals surface area (Å²) < 4.78 is 3.54. The first-order valence-electron chi connectivity index (χ1n) is 51.7. The van der Waals surface area contributed by atoms with E-state index in [9.17, 15) is 0 Å². The Morgan fingerprint density at radius 1 is 0.219 bits per heavy atom. The molecule has 2 aromatic heterocycles. The van der Waals surface area contributed by atoms with Crippen molar-refractivity contribution in [3.05, 3.63) is 500 Å². The standard InChI is InChI=1S/C51H40Si.C48H34N2.C42H29NS/c1-51(2)45-20-10-8-16-37(45)38-25-23-36(32-46(38)51)50-41-19-7-6-18-40(41)49(42-26-22-34(30-44(42)50)33-14-4-3-5-15-33)35-24-27-48-43(31-35)39-17-9-11-21-47(39)52(48)28-12-13-29-52;1-48(2)41-22-12-11-19-35(41)36-27-26-33(30-42(36)48)45-37-20-9-10-21-38(37)46(39-28-25-32(29-40(39)45)31-15-5-3-6-16-31)47-49-43-23-13-14-24-44(43)50(47)34-17-7-4-8-18-34;1-42(2)35-17-9-8-14-29(35)30-22-21-28(25-36(30)42)39-31-15-6-7-16-32(31)40(41-43-37-18-10-11-19-38(37)44-41)33-23-20-27(24-34(33)39)26-12-4-3-5-13-26/h3-11,14-27,30-32H,12-13,28-29H2,1-2H3;3-30H,1-2H3;3-25H,1-2H3. The second-order valence-corrected chi connectivity index (χ2v) is 47.5. The van der Waals surface area contributed by atoms with Crippen molar-refractivity contribution in [1.82, 2.24) is 14.5 Å². The molecule has 0 unspecified atom stereocenters. The average Bonchev–Trinajstić information content (AvgIpc) is 1.16. The minimum absolute atomic E-state index is 0.0658.